The van der Waals surface area contributed by atoms with Crippen molar-refractivity contribution < 1.29 is 13.2 Å². The summed E-state index contributed by atoms with van der Waals surface area (Å²) in [4.78, 5) is 0.196. The Morgan fingerprint density at radius 3 is 2.52 bits per heavy atom. The number of nitrogens with two attached hydrogens (primary N) is 1. The minimum Gasteiger partial charge on any atom is -0.397 e. The minimum atomic E-state index is -3.62. The summed E-state index contributed by atoms with van der Waals surface area (Å²) in [7, 11) is -2.08. The predicted octanol–water partition coefficient (Wildman–Crippen LogP) is 2.52. The Balaban J connectivity index is 3.24. The molecule has 0 radical (unpaired) electrons. The smallest absolute Gasteiger partial charge is 0.243 e. The highest BCUT2D eigenvalue weighted by atomic mass is 35.5. The molecule has 0 fully saturated rings. The average Bonchev–Trinajstić information content (AvgIpc) is 2.38. The van der Waals surface area contributed by atoms with Crippen molar-refractivity contribution in [1.82, 2.24) is 4.31 Å². The molecular weight excluding hydrogens is 312 g/mol. The molecule has 21 heavy (non-hydrogen) atoms. The van der Waals surface area contributed by atoms with Crippen molar-refractivity contribution in [3.05, 3.63) is 22.7 Å². The molecular formula is C14H23ClN2O3S. The van der Waals surface area contributed by atoms with E-state index in [0.717, 1.165) is 0 Å². The van der Waals surface area contributed by atoms with Crippen molar-refractivity contribution in [2.24, 2.45) is 5.92 Å². The summed E-state index contributed by atoms with van der Waals surface area (Å²) in [5.74, 6) is 0.210. The number of rotatable bonds is 7. The lowest BCUT2D eigenvalue weighted by Gasteiger charge is -2.24. The van der Waals surface area contributed by atoms with Crippen LogP contribution in [0.1, 0.15) is 19.4 Å². The Kier molecular flexibility index (Phi) is 6.46. The summed E-state index contributed by atoms with van der Waals surface area (Å²) >= 11 is 5.93. The molecule has 0 atom stereocenters. The van der Waals surface area contributed by atoms with E-state index >= 15 is 0 Å². The lowest BCUT2D eigenvalue weighted by molar-refractivity contribution is 0.175. The first-order valence-corrected chi connectivity index (χ1v) is 8.56. The van der Waals surface area contributed by atoms with Crippen LogP contribution in [0.3, 0.4) is 0 Å². The van der Waals surface area contributed by atoms with Crippen molar-refractivity contribution >= 4 is 27.3 Å². The first kappa shape index (κ1) is 18.2. The molecule has 0 aromatic heterocycles. The molecule has 120 valence electrons. The van der Waals surface area contributed by atoms with E-state index in [1.165, 1.54) is 10.4 Å². The molecule has 0 unspecified atom stereocenters. The van der Waals surface area contributed by atoms with E-state index in [0.29, 0.717) is 30.3 Å². The van der Waals surface area contributed by atoms with E-state index in [-0.39, 0.29) is 16.5 Å². The van der Waals surface area contributed by atoms with Crippen molar-refractivity contribution in [3.63, 3.8) is 0 Å². The fraction of sp³-hybridized carbons (Fsp3) is 0.571. The highest BCUT2D eigenvalue weighted by Crippen LogP contribution is 2.28. The molecule has 0 bridgehead atoms. The summed E-state index contributed by atoms with van der Waals surface area (Å²) in [5, 5.41) is 0.360. The van der Waals surface area contributed by atoms with Crippen molar-refractivity contribution in [1.29, 1.82) is 0 Å². The van der Waals surface area contributed by atoms with Gasteiger partial charge in [-0.15, -0.1) is 0 Å². The van der Waals surface area contributed by atoms with E-state index in [2.05, 4.69) is 0 Å². The highest BCUT2D eigenvalue weighted by Gasteiger charge is 2.27. The molecule has 5 nitrogen and oxygen atoms in total. The van der Waals surface area contributed by atoms with Crippen LogP contribution in [0.5, 0.6) is 0 Å². The zero-order valence-corrected chi connectivity index (χ0v) is 14.5. The summed E-state index contributed by atoms with van der Waals surface area (Å²) in [6, 6.07) is 3.00. The maximum absolute atomic E-state index is 12.8. The summed E-state index contributed by atoms with van der Waals surface area (Å²) in [6.45, 7) is 6.72. The van der Waals surface area contributed by atoms with E-state index in [1.807, 2.05) is 13.8 Å². The molecule has 0 aliphatic heterocycles. The number of ether oxygens (including phenoxy) is 1. The number of aryl methyl sites for hydroxylation is 1. The van der Waals surface area contributed by atoms with Gasteiger partial charge in [-0.1, -0.05) is 25.4 Å². The van der Waals surface area contributed by atoms with Gasteiger partial charge in [0, 0.05) is 20.2 Å². The van der Waals surface area contributed by atoms with Gasteiger partial charge in [0.1, 0.15) is 0 Å². The molecule has 2 N–H and O–H groups in total. The van der Waals surface area contributed by atoms with Gasteiger partial charge >= 0.3 is 0 Å². The number of methoxy groups -OCH3 is 1. The molecule has 0 spiro atoms. The largest absolute Gasteiger partial charge is 0.397 e. The number of nitrogen functional groups attached to an aromatic ring is 1. The van der Waals surface area contributed by atoms with Crippen LogP contribution in [0.2, 0.25) is 5.02 Å². The lowest BCUT2D eigenvalue weighted by Crippen LogP contribution is -2.37. The monoisotopic (exact) mass is 334 g/mol. The number of anilines is 1. The number of benzene rings is 1. The second-order valence-electron chi connectivity index (χ2n) is 5.39. The van der Waals surface area contributed by atoms with Crippen molar-refractivity contribution in [3.8, 4) is 0 Å². The second-order valence-corrected chi connectivity index (χ2v) is 7.70. The maximum atomic E-state index is 12.8. The zero-order valence-electron chi connectivity index (χ0n) is 12.9. The highest BCUT2D eigenvalue weighted by molar-refractivity contribution is 7.89. The Morgan fingerprint density at radius 1 is 1.38 bits per heavy atom. The maximum Gasteiger partial charge on any atom is 0.243 e. The van der Waals surface area contributed by atoms with Crippen LogP contribution in [-0.2, 0) is 14.8 Å². The third-order valence-corrected chi connectivity index (χ3v) is 5.36. The van der Waals surface area contributed by atoms with Gasteiger partial charge in [0.05, 0.1) is 22.2 Å². The minimum absolute atomic E-state index is 0.196. The Morgan fingerprint density at radius 2 is 2.00 bits per heavy atom. The number of sulfonamides is 1. The van der Waals surface area contributed by atoms with Gasteiger partial charge in [-0.3, -0.25) is 0 Å². The average molecular weight is 335 g/mol. The molecule has 0 aliphatic rings. The molecule has 0 saturated carbocycles. The van der Waals surface area contributed by atoms with Crippen molar-refractivity contribution in [2.45, 2.75) is 25.7 Å². The Hall–Kier alpha value is -0.820. The molecule has 0 amide bonds. The zero-order chi connectivity index (χ0) is 16.2. The number of hydrogen-bond acceptors (Lipinski definition) is 4. The third kappa shape index (κ3) is 4.57. The molecule has 0 saturated heterocycles. The second kappa shape index (κ2) is 7.45. The predicted molar refractivity (Wildman–Crippen MR) is 86.1 cm³/mol. The van der Waals surface area contributed by atoms with Crippen LogP contribution in [0.15, 0.2) is 17.0 Å². The number of halogens is 1. The Labute approximate surface area is 132 Å². The molecule has 1 rings (SSSR count). The van der Waals surface area contributed by atoms with Crippen LogP contribution < -0.4 is 5.73 Å². The van der Waals surface area contributed by atoms with Gasteiger partial charge in [-0.25, -0.2) is 8.42 Å². The topological polar surface area (TPSA) is 72.6 Å². The first-order chi connectivity index (χ1) is 9.70. The van der Waals surface area contributed by atoms with E-state index < -0.39 is 10.0 Å². The molecule has 0 heterocycles. The fourth-order valence-corrected chi connectivity index (χ4v) is 4.04. The van der Waals surface area contributed by atoms with E-state index in [1.54, 1.807) is 20.1 Å². The Bertz CT molecular complexity index is 588. The van der Waals surface area contributed by atoms with Gasteiger partial charge < -0.3 is 10.5 Å². The summed E-state index contributed by atoms with van der Waals surface area (Å²) in [5.41, 5.74) is 6.59. The van der Waals surface area contributed by atoms with Gasteiger partial charge in [-0.05, 0) is 30.5 Å². The fourth-order valence-electron chi connectivity index (χ4n) is 2.00. The van der Waals surface area contributed by atoms with Crippen LogP contribution in [0, 0.1) is 12.8 Å². The standard InChI is InChI=1S/C14H23ClN2O3S/c1-10(2)9-17(5-6-20-4)21(18,19)14-8-13(16)12(15)7-11(14)3/h7-8,10H,5-6,9,16H2,1-4H3. The lowest BCUT2D eigenvalue weighted by atomic mass is 10.2. The first-order valence-electron chi connectivity index (χ1n) is 6.74. The molecule has 1 aromatic rings. The van der Waals surface area contributed by atoms with Crippen LogP contribution >= 0.6 is 11.6 Å². The van der Waals surface area contributed by atoms with Crippen LogP contribution in [-0.4, -0.2) is 39.5 Å². The van der Waals surface area contributed by atoms with Gasteiger partial charge in [0.2, 0.25) is 10.0 Å². The molecule has 1 aromatic carbocycles. The number of hydrogen-bond donors (Lipinski definition) is 1. The SMILES string of the molecule is COCCN(CC(C)C)S(=O)(=O)c1cc(N)c(Cl)cc1C. The van der Waals surface area contributed by atoms with E-state index in [9.17, 15) is 8.42 Å². The summed E-state index contributed by atoms with van der Waals surface area (Å²) < 4.78 is 32.1. The third-order valence-electron chi connectivity index (χ3n) is 3.03. The molecule has 0 aliphatic carbocycles. The van der Waals surface area contributed by atoms with Gasteiger partial charge in [-0.2, -0.15) is 4.31 Å². The van der Waals surface area contributed by atoms with Crippen LogP contribution in [0.4, 0.5) is 5.69 Å². The van der Waals surface area contributed by atoms with E-state index in [4.69, 9.17) is 22.1 Å². The van der Waals surface area contributed by atoms with Gasteiger partial charge in [0.25, 0.3) is 0 Å². The van der Waals surface area contributed by atoms with Gasteiger partial charge in [0.15, 0.2) is 0 Å². The normalized spacial score (nSPS) is 12.3. The van der Waals surface area contributed by atoms with Crippen molar-refractivity contribution in [2.75, 3.05) is 32.5 Å². The van der Waals surface area contributed by atoms with Crippen LogP contribution in [0.25, 0.3) is 0 Å². The quantitative estimate of drug-likeness (QED) is 0.778. The summed E-state index contributed by atoms with van der Waals surface area (Å²) in [6.07, 6.45) is 0. The number of nitrogens with zero attached hydrogens (tertiary/aromatic N) is 1. The molecule has 7 heteroatoms.